The van der Waals surface area contributed by atoms with Gasteiger partial charge in [-0.3, -0.25) is 4.79 Å². The number of nitrogens with two attached hydrogens (primary N) is 1. The summed E-state index contributed by atoms with van der Waals surface area (Å²) in [7, 11) is 3.72. The summed E-state index contributed by atoms with van der Waals surface area (Å²) in [6, 6.07) is 8.74. The van der Waals surface area contributed by atoms with Crippen LogP contribution in [-0.2, 0) is 0 Å². The largest absolute Gasteiger partial charge is 0.397 e. The van der Waals surface area contributed by atoms with E-state index >= 15 is 0 Å². The molecule has 2 rings (SSSR count). The van der Waals surface area contributed by atoms with Gasteiger partial charge in [-0.25, -0.2) is 4.39 Å². The summed E-state index contributed by atoms with van der Waals surface area (Å²) in [4.78, 5) is 14.0. The standard InChI is InChI=1S/C15H15ClFN3O/c1-20(2)14-6-3-9(7-12(14)18)15(21)19-13-8-10(17)4-5-11(13)16/h3-8H,18H2,1-2H3,(H,19,21). The summed E-state index contributed by atoms with van der Waals surface area (Å²) < 4.78 is 13.2. The third-order valence-electron chi connectivity index (χ3n) is 2.95. The molecule has 0 heterocycles. The fourth-order valence-corrected chi connectivity index (χ4v) is 2.06. The molecule has 0 unspecified atom stereocenters. The van der Waals surface area contributed by atoms with Crippen LogP contribution in [0.4, 0.5) is 21.5 Å². The topological polar surface area (TPSA) is 58.4 Å². The molecular formula is C15H15ClFN3O. The second-order valence-corrected chi connectivity index (χ2v) is 5.15. The molecular weight excluding hydrogens is 293 g/mol. The van der Waals surface area contributed by atoms with Gasteiger partial charge in [-0.2, -0.15) is 0 Å². The molecule has 0 atom stereocenters. The van der Waals surface area contributed by atoms with E-state index < -0.39 is 11.7 Å². The lowest BCUT2D eigenvalue weighted by atomic mass is 10.1. The van der Waals surface area contributed by atoms with Gasteiger partial charge >= 0.3 is 0 Å². The fourth-order valence-electron chi connectivity index (χ4n) is 1.89. The second kappa shape index (κ2) is 6.01. The highest BCUT2D eigenvalue weighted by Crippen LogP contribution is 2.25. The van der Waals surface area contributed by atoms with Gasteiger partial charge in [0.15, 0.2) is 0 Å². The number of amides is 1. The highest BCUT2D eigenvalue weighted by Gasteiger charge is 2.11. The molecule has 21 heavy (non-hydrogen) atoms. The number of nitrogen functional groups attached to an aromatic ring is 1. The van der Waals surface area contributed by atoms with Crippen molar-refractivity contribution in [1.82, 2.24) is 0 Å². The first-order chi connectivity index (χ1) is 9.88. The predicted molar refractivity (Wildman–Crippen MR) is 84.5 cm³/mol. The van der Waals surface area contributed by atoms with Crippen molar-refractivity contribution in [3.63, 3.8) is 0 Å². The molecule has 2 aromatic carbocycles. The molecule has 0 bridgehead atoms. The minimum Gasteiger partial charge on any atom is -0.397 e. The lowest BCUT2D eigenvalue weighted by Gasteiger charge is -2.16. The van der Waals surface area contributed by atoms with Gasteiger partial charge in [-0.15, -0.1) is 0 Å². The molecule has 6 heteroatoms. The van der Waals surface area contributed by atoms with Crippen LogP contribution in [0.5, 0.6) is 0 Å². The van der Waals surface area contributed by atoms with E-state index in [9.17, 15) is 9.18 Å². The van der Waals surface area contributed by atoms with E-state index in [1.165, 1.54) is 12.1 Å². The van der Waals surface area contributed by atoms with Crippen molar-refractivity contribution >= 4 is 34.6 Å². The number of benzene rings is 2. The second-order valence-electron chi connectivity index (χ2n) is 4.75. The normalized spacial score (nSPS) is 10.3. The first-order valence-electron chi connectivity index (χ1n) is 6.21. The Kier molecular flexibility index (Phi) is 4.33. The van der Waals surface area contributed by atoms with Gasteiger partial charge in [0.05, 0.1) is 22.1 Å². The Labute approximate surface area is 127 Å². The highest BCUT2D eigenvalue weighted by atomic mass is 35.5. The zero-order valence-corrected chi connectivity index (χ0v) is 12.4. The first kappa shape index (κ1) is 15.1. The molecule has 1 amide bonds. The Balaban J connectivity index is 2.24. The van der Waals surface area contributed by atoms with E-state index in [0.717, 1.165) is 11.8 Å². The number of hydrogen-bond donors (Lipinski definition) is 2. The van der Waals surface area contributed by atoms with Crippen LogP contribution in [0.1, 0.15) is 10.4 Å². The molecule has 4 nitrogen and oxygen atoms in total. The Morgan fingerprint density at radius 1 is 1.24 bits per heavy atom. The summed E-state index contributed by atoms with van der Waals surface area (Å²) in [6.07, 6.45) is 0. The molecule has 0 saturated carbocycles. The lowest BCUT2D eigenvalue weighted by molar-refractivity contribution is 0.102. The number of halogens is 2. The predicted octanol–water partition coefficient (Wildman–Crippen LogP) is 3.38. The van der Waals surface area contributed by atoms with Gasteiger partial charge in [0, 0.05) is 19.7 Å². The van der Waals surface area contributed by atoms with E-state index in [-0.39, 0.29) is 10.7 Å². The van der Waals surface area contributed by atoms with Gasteiger partial charge in [0.25, 0.3) is 5.91 Å². The van der Waals surface area contributed by atoms with Crippen LogP contribution < -0.4 is 16.0 Å². The third kappa shape index (κ3) is 3.44. The summed E-state index contributed by atoms with van der Waals surface area (Å²) >= 11 is 5.91. The SMILES string of the molecule is CN(C)c1ccc(C(=O)Nc2cc(F)ccc2Cl)cc1N. The smallest absolute Gasteiger partial charge is 0.255 e. The first-order valence-corrected chi connectivity index (χ1v) is 6.59. The monoisotopic (exact) mass is 307 g/mol. The van der Waals surface area contributed by atoms with E-state index in [2.05, 4.69) is 5.32 Å². The third-order valence-corrected chi connectivity index (χ3v) is 3.28. The Morgan fingerprint density at radius 2 is 1.95 bits per heavy atom. The maximum absolute atomic E-state index is 13.2. The zero-order valence-electron chi connectivity index (χ0n) is 11.7. The van der Waals surface area contributed by atoms with Crippen LogP contribution in [0.2, 0.25) is 5.02 Å². The maximum Gasteiger partial charge on any atom is 0.255 e. The van der Waals surface area contributed by atoms with Crippen LogP contribution in [-0.4, -0.2) is 20.0 Å². The van der Waals surface area contributed by atoms with Crippen LogP contribution in [0, 0.1) is 5.82 Å². The molecule has 0 spiro atoms. The van der Waals surface area contributed by atoms with Crippen LogP contribution >= 0.6 is 11.6 Å². The number of rotatable bonds is 3. The molecule has 3 N–H and O–H groups in total. The fraction of sp³-hybridized carbons (Fsp3) is 0.133. The Bertz CT molecular complexity index is 689. The van der Waals surface area contributed by atoms with Crippen molar-refractivity contribution in [3.05, 3.63) is 52.8 Å². The molecule has 0 saturated heterocycles. The molecule has 0 fully saturated rings. The van der Waals surface area contributed by atoms with Crippen molar-refractivity contribution in [2.24, 2.45) is 0 Å². The molecule has 0 aliphatic heterocycles. The average molecular weight is 308 g/mol. The van der Waals surface area contributed by atoms with Gasteiger partial charge in [0.1, 0.15) is 5.82 Å². The number of hydrogen-bond acceptors (Lipinski definition) is 3. The summed E-state index contributed by atoms with van der Waals surface area (Å²) in [5.74, 6) is -0.878. The molecule has 110 valence electrons. The molecule has 0 aliphatic rings. The van der Waals surface area contributed by atoms with Gasteiger partial charge in [-0.1, -0.05) is 11.6 Å². The lowest BCUT2D eigenvalue weighted by Crippen LogP contribution is -2.15. The number of anilines is 3. The van der Waals surface area contributed by atoms with Gasteiger partial charge in [0.2, 0.25) is 0 Å². The summed E-state index contributed by atoms with van der Waals surface area (Å²) in [5, 5.41) is 2.83. The van der Waals surface area contributed by atoms with Crippen LogP contribution in [0.3, 0.4) is 0 Å². The van der Waals surface area contributed by atoms with E-state index in [4.69, 9.17) is 17.3 Å². The molecule has 0 radical (unpaired) electrons. The maximum atomic E-state index is 13.2. The van der Waals surface area contributed by atoms with Gasteiger partial charge in [-0.05, 0) is 36.4 Å². The van der Waals surface area contributed by atoms with E-state index in [0.29, 0.717) is 11.3 Å². The summed E-state index contributed by atoms with van der Waals surface area (Å²) in [6.45, 7) is 0. The molecule has 0 aliphatic carbocycles. The van der Waals surface area contributed by atoms with E-state index in [1.807, 2.05) is 19.0 Å². The number of nitrogens with zero attached hydrogens (tertiary/aromatic N) is 1. The van der Waals surface area contributed by atoms with Gasteiger partial charge < -0.3 is 16.0 Å². The van der Waals surface area contributed by atoms with Crippen molar-refractivity contribution < 1.29 is 9.18 Å². The van der Waals surface area contributed by atoms with E-state index in [1.54, 1.807) is 18.2 Å². The van der Waals surface area contributed by atoms with Crippen molar-refractivity contribution in [2.45, 2.75) is 0 Å². The zero-order chi connectivity index (χ0) is 15.6. The number of carbonyl (C=O) groups is 1. The number of nitrogens with one attached hydrogen (secondary N) is 1. The summed E-state index contributed by atoms with van der Waals surface area (Å²) in [5.41, 5.74) is 7.79. The van der Waals surface area contributed by atoms with Crippen molar-refractivity contribution in [2.75, 3.05) is 30.0 Å². The number of carbonyl (C=O) groups excluding carboxylic acids is 1. The minimum atomic E-state index is -0.475. The highest BCUT2D eigenvalue weighted by molar-refractivity contribution is 6.33. The average Bonchev–Trinajstić information content (AvgIpc) is 2.42. The molecule has 0 aromatic heterocycles. The Morgan fingerprint density at radius 3 is 2.57 bits per heavy atom. The minimum absolute atomic E-state index is 0.219. The molecule has 2 aromatic rings. The Hall–Kier alpha value is -2.27. The van der Waals surface area contributed by atoms with Crippen molar-refractivity contribution in [3.8, 4) is 0 Å². The van der Waals surface area contributed by atoms with Crippen molar-refractivity contribution in [1.29, 1.82) is 0 Å². The quantitative estimate of drug-likeness (QED) is 0.855. The van der Waals surface area contributed by atoms with Crippen LogP contribution in [0.25, 0.3) is 0 Å². The van der Waals surface area contributed by atoms with Crippen LogP contribution in [0.15, 0.2) is 36.4 Å².